The average Bonchev–Trinajstić information content (AvgIpc) is 3.87. The van der Waals surface area contributed by atoms with E-state index in [9.17, 15) is 73.5 Å². The fraction of sp³-hybridized carbons (Fsp3) is 0.150. The molecule has 0 saturated carbocycles. The van der Waals surface area contributed by atoms with Gasteiger partial charge in [-0.3, -0.25) is 30.3 Å². The lowest BCUT2D eigenvalue weighted by molar-refractivity contribution is -0.385. The highest BCUT2D eigenvalue weighted by Gasteiger charge is 2.43. The van der Waals surface area contributed by atoms with Gasteiger partial charge in [0.1, 0.15) is 21.9 Å². The van der Waals surface area contributed by atoms with Crippen molar-refractivity contribution in [1.29, 1.82) is 0 Å². The summed E-state index contributed by atoms with van der Waals surface area (Å²) in [6.45, 7) is 0. The van der Waals surface area contributed by atoms with E-state index in [2.05, 4.69) is 9.97 Å². The van der Waals surface area contributed by atoms with Crippen molar-refractivity contribution >= 4 is 109 Å². The van der Waals surface area contributed by atoms with Crippen molar-refractivity contribution in [3.8, 4) is 0 Å². The summed E-state index contributed by atoms with van der Waals surface area (Å²) in [7, 11) is -3.65. The van der Waals surface area contributed by atoms with Crippen molar-refractivity contribution in [2.24, 2.45) is 5.73 Å². The molecule has 0 radical (unpaired) electrons. The second-order valence-electron chi connectivity index (χ2n) is 14.1. The Kier molecular flexibility index (Phi) is 18.6. The predicted molar refractivity (Wildman–Crippen MR) is 250 cm³/mol. The quantitative estimate of drug-likeness (QED) is 0.0266. The van der Waals surface area contributed by atoms with Crippen LogP contribution in [0.4, 0.5) is 49.1 Å². The summed E-state index contributed by atoms with van der Waals surface area (Å²) < 4.78 is 126. The van der Waals surface area contributed by atoms with Gasteiger partial charge in [0.15, 0.2) is 0 Å². The molecule has 0 aliphatic heterocycles. The zero-order chi connectivity index (χ0) is 52.5. The lowest BCUT2D eigenvalue weighted by Crippen LogP contribution is -2.46. The summed E-state index contributed by atoms with van der Waals surface area (Å²) in [6, 6.07) is 18.9. The Morgan fingerprint density at radius 1 is 0.600 bits per heavy atom. The van der Waals surface area contributed by atoms with Crippen LogP contribution in [0.5, 0.6) is 0 Å². The van der Waals surface area contributed by atoms with Crippen LogP contribution in [0.25, 0.3) is 21.8 Å². The number of nitrogens with two attached hydrogens (primary N) is 2. The monoisotopic (exact) mass is 1100 g/mol. The number of non-ortho nitro benzene ring substituents is 3. The number of sulfonamides is 1. The van der Waals surface area contributed by atoms with E-state index in [1.807, 2.05) is 12.1 Å². The van der Waals surface area contributed by atoms with Crippen LogP contribution >= 0.6 is 45.5 Å². The van der Waals surface area contributed by atoms with Crippen molar-refractivity contribution in [3.63, 3.8) is 0 Å². The maximum atomic E-state index is 13.6. The smallest absolute Gasteiger partial charge is 0.398 e. The Morgan fingerprint density at radius 3 is 1.39 bits per heavy atom. The first kappa shape index (κ1) is 56.3. The van der Waals surface area contributed by atoms with E-state index < -0.39 is 80.3 Å². The molecule has 7 rings (SSSR count). The van der Waals surface area contributed by atoms with E-state index in [1.54, 1.807) is 47.3 Å². The molecule has 0 spiro atoms. The molecular formula is C40H32Cl4F6N8O10S2. The number of anilines is 1. The maximum Gasteiger partial charge on any atom is 0.405 e. The second-order valence-corrected chi connectivity index (χ2v) is 19.6. The molecule has 0 aliphatic carbocycles. The highest BCUT2D eigenvalue weighted by molar-refractivity contribution is 8.13. The predicted octanol–water partition coefficient (Wildman–Crippen LogP) is 10.8. The van der Waals surface area contributed by atoms with Crippen LogP contribution in [0.15, 0.2) is 125 Å². The van der Waals surface area contributed by atoms with Gasteiger partial charge in [-0.15, -0.1) is 0 Å². The van der Waals surface area contributed by atoms with E-state index in [-0.39, 0.29) is 38.3 Å². The number of nitrogens with one attached hydrogen (secondary N) is 3. The number of nitrogens with zero attached hydrogens (tertiary/aromatic N) is 3. The molecule has 374 valence electrons. The molecule has 18 nitrogen and oxygen atoms in total. The number of para-hydroxylation sites is 2. The minimum atomic E-state index is -4.89. The molecule has 0 amide bonds. The number of alkyl halides is 6. The van der Waals surface area contributed by atoms with Crippen molar-refractivity contribution in [2.75, 3.05) is 5.73 Å². The first-order valence-electron chi connectivity index (χ1n) is 18.9. The fourth-order valence-electron chi connectivity index (χ4n) is 5.90. The number of hydrogen-bond donors (Lipinski definition) is 5. The van der Waals surface area contributed by atoms with Gasteiger partial charge in [-0.25, -0.2) is 16.8 Å². The highest BCUT2D eigenvalue weighted by Crippen LogP contribution is 2.32. The van der Waals surface area contributed by atoms with Crippen LogP contribution in [0.1, 0.15) is 11.1 Å². The maximum absolute atomic E-state index is 13.6. The summed E-state index contributed by atoms with van der Waals surface area (Å²) in [5.74, 6) is 0. The number of fused-ring (bicyclic) bond motifs is 2. The van der Waals surface area contributed by atoms with Crippen molar-refractivity contribution in [1.82, 2.24) is 14.7 Å². The summed E-state index contributed by atoms with van der Waals surface area (Å²) >= 11 is 16.8. The van der Waals surface area contributed by atoms with Crippen LogP contribution < -0.4 is 16.2 Å². The third-order valence-corrected chi connectivity index (χ3v) is 13.4. The third kappa shape index (κ3) is 15.4. The summed E-state index contributed by atoms with van der Waals surface area (Å²) in [5, 5.41) is 31.9. The van der Waals surface area contributed by atoms with Gasteiger partial charge in [0.05, 0.1) is 35.5 Å². The number of H-pyrrole nitrogens is 2. The lowest BCUT2D eigenvalue weighted by Gasteiger charge is -2.21. The summed E-state index contributed by atoms with van der Waals surface area (Å²) in [6.07, 6.45) is -7.13. The molecule has 30 heteroatoms. The van der Waals surface area contributed by atoms with Crippen LogP contribution in [0, 0.1) is 30.3 Å². The SMILES string of the molecule is NC(Cc1c[nH]c2ccccc12)C(F)(F)F.Nc1ccc([N+](=O)[O-])cc1Cl.O=[N+]([O-])c1ccc(S(=O)(=O)Cl)c(Cl)c1.O=[N+]([O-])c1ccc(S(=O)(=O)NC(Cc2c[nH]c3ccccc23)C(F)(F)F)c(Cl)c1. The molecule has 2 unspecified atom stereocenters. The molecule has 2 atom stereocenters. The van der Waals surface area contributed by atoms with E-state index in [4.69, 9.17) is 57.0 Å². The lowest BCUT2D eigenvalue weighted by atomic mass is 10.1. The Balaban J connectivity index is 0.000000220. The van der Waals surface area contributed by atoms with Crippen molar-refractivity contribution in [3.05, 3.63) is 172 Å². The number of halogens is 10. The Hall–Kier alpha value is -6.26. The number of nitrogen functional groups attached to an aromatic ring is 1. The number of aromatic amines is 2. The Bertz CT molecular complexity index is 3270. The number of nitro benzene ring substituents is 3. The summed E-state index contributed by atoms with van der Waals surface area (Å²) in [4.78, 5) is 33.9. The van der Waals surface area contributed by atoms with E-state index in [0.29, 0.717) is 22.2 Å². The van der Waals surface area contributed by atoms with Gasteiger partial charge in [0, 0.05) is 81.3 Å². The third-order valence-electron chi connectivity index (χ3n) is 9.33. The van der Waals surface area contributed by atoms with E-state index in [0.717, 1.165) is 47.3 Å². The van der Waals surface area contributed by atoms with Crippen molar-refractivity contribution < 1.29 is 57.9 Å². The summed E-state index contributed by atoms with van der Waals surface area (Å²) in [5.41, 5.74) is 12.3. The average molecular weight is 1100 g/mol. The van der Waals surface area contributed by atoms with Crippen LogP contribution in [-0.4, -0.2) is 66.0 Å². The van der Waals surface area contributed by atoms with Gasteiger partial charge in [-0.1, -0.05) is 71.2 Å². The minimum Gasteiger partial charge on any atom is -0.398 e. The number of rotatable bonds is 11. The number of benzene rings is 5. The van der Waals surface area contributed by atoms with E-state index in [1.165, 1.54) is 24.4 Å². The molecule has 0 aliphatic rings. The largest absolute Gasteiger partial charge is 0.405 e. The van der Waals surface area contributed by atoms with Gasteiger partial charge < -0.3 is 21.4 Å². The van der Waals surface area contributed by atoms with Crippen LogP contribution in [0.3, 0.4) is 0 Å². The Labute approximate surface area is 410 Å². The van der Waals surface area contributed by atoms with Gasteiger partial charge >= 0.3 is 12.4 Å². The molecule has 2 heterocycles. The normalized spacial score (nSPS) is 12.6. The zero-order valence-corrected chi connectivity index (χ0v) is 39.4. The molecular weight excluding hydrogens is 1070 g/mol. The highest BCUT2D eigenvalue weighted by atomic mass is 35.7. The van der Waals surface area contributed by atoms with Gasteiger partial charge in [-0.05, 0) is 54.3 Å². The zero-order valence-electron chi connectivity index (χ0n) is 34.7. The second kappa shape index (κ2) is 23.1. The Morgan fingerprint density at radius 2 is 1.00 bits per heavy atom. The van der Waals surface area contributed by atoms with Crippen LogP contribution in [0.2, 0.25) is 15.1 Å². The first-order valence-corrected chi connectivity index (χ1v) is 23.9. The van der Waals surface area contributed by atoms with Crippen molar-refractivity contribution in [2.45, 2.75) is 47.1 Å². The standard InChI is InChI=1S/C17H13ClF3N3O4S.C11H11F3N2.C6H3Cl2NO4S.C6H5ClN2O2/c18-13-8-11(24(25)26)5-6-15(13)29(27,28)23-16(17(19,20)21)7-10-9-22-14-4-2-1-3-12(10)14;12-11(13,14)10(15)5-7-6-16-9-4-2-1-3-8(7)9;7-5-3-4(9(10)11)1-2-6(5)14(8,12)13;7-5-3-4(9(10)11)1-2-6(5)8/h1-6,8-9,16,22-23H,7H2;1-4,6,10,16H,5,15H2;1-3H;1-3H,8H2. The van der Waals surface area contributed by atoms with Gasteiger partial charge in [-0.2, -0.15) is 31.1 Å². The molecule has 0 fully saturated rings. The number of nitro groups is 3. The van der Waals surface area contributed by atoms with Crippen LogP contribution in [-0.2, 0) is 31.9 Å². The number of hydrogen-bond acceptors (Lipinski definition) is 12. The molecule has 7 N–H and O–H groups in total. The molecule has 5 aromatic carbocycles. The number of aromatic nitrogens is 2. The molecule has 0 bridgehead atoms. The van der Waals surface area contributed by atoms with Gasteiger partial charge in [0.2, 0.25) is 10.0 Å². The molecule has 70 heavy (non-hydrogen) atoms. The molecule has 2 aromatic heterocycles. The minimum absolute atomic E-state index is 0.0517. The van der Waals surface area contributed by atoms with E-state index >= 15 is 0 Å². The molecule has 0 saturated heterocycles. The van der Waals surface area contributed by atoms with Gasteiger partial charge in [0.25, 0.3) is 26.1 Å². The first-order chi connectivity index (χ1) is 32.4. The fourth-order valence-corrected chi connectivity index (χ4v) is 9.36. The molecule has 7 aromatic rings. The topological polar surface area (TPSA) is 293 Å².